The molecule has 0 atom stereocenters. The summed E-state index contributed by atoms with van der Waals surface area (Å²) < 4.78 is 0. The molecule has 0 heteroatoms. The van der Waals surface area contributed by atoms with Gasteiger partial charge in [0.05, 0.1) is 0 Å². The Bertz CT molecular complexity index is 192. The molecule has 0 amide bonds. The number of allylic oxidation sites excluding steroid dienone is 3. The predicted molar refractivity (Wildman–Crippen MR) is 64.6 cm³/mol. The van der Waals surface area contributed by atoms with Gasteiger partial charge in [-0.2, -0.15) is 0 Å². The lowest BCUT2D eigenvalue weighted by Crippen LogP contribution is -1.68. The summed E-state index contributed by atoms with van der Waals surface area (Å²) in [5.41, 5.74) is 2.13. The fourth-order valence-electron chi connectivity index (χ4n) is 0.545. The molecule has 74 valence electrons. The van der Waals surface area contributed by atoms with E-state index in [1.165, 1.54) is 5.57 Å². The van der Waals surface area contributed by atoms with Crippen LogP contribution in [0, 0.1) is 11.8 Å². The standard InChI is InChI=1S/C9H12.C2H6.C2H4/c1-5-6-9(4)7-8(2)3;2*1-2/h7H,4H2,1-3H3;1-2H3;1-2H2. The van der Waals surface area contributed by atoms with Crippen LogP contribution < -0.4 is 0 Å². The highest BCUT2D eigenvalue weighted by Gasteiger charge is 1.78. The van der Waals surface area contributed by atoms with Gasteiger partial charge in [-0.1, -0.05) is 31.9 Å². The van der Waals surface area contributed by atoms with Crippen molar-refractivity contribution in [3.05, 3.63) is 37.0 Å². The van der Waals surface area contributed by atoms with Crippen molar-refractivity contribution < 1.29 is 0 Å². The molecule has 0 saturated heterocycles. The highest BCUT2D eigenvalue weighted by molar-refractivity contribution is 5.36. The second kappa shape index (κ2) is 17.0. The Morgan fingerprint density at radius 3 is 1.77 bits per heavy atom. The molecule has 0 N–H and O–H groups in total. The van der Waals surface area contributed by atoms with Crippen molar-refractivity contribution in [3.63, 3.8) is 0 Å². The second-order valence-corrected chi connectivity index (χ2v) is 2.12. The quantitative estimate of drug-likeness (QED) is 0.318. The maximum Gasteiger partial charge on any atom is 0.0172 e. The van der Waals surface area contributed by atoms with Gasteiger partial charge in [-0.05, 0) is 26.8 Å². The summed E-state index contributed by atoms with van der Waals surface area (Å²) >= 11 is 0. The van der Waals surface area contributed by atoms with Crippen molar-refractivity contribution in [2.45, 2.75) is 34.6 Å². The van der Waals surface area contributed by atoms with Crippen molar-refractivity contribution in [1.82, 2.24) is 0 Å². The molecule has 0 aromatic carbocycles. The van der Waals surface area contributed by atoms with Crippen LogP contribution in [0.25, 0.3) is 0 Å². The first-order valence-corrected chi connectivity index (χ1v) is 4.43. The Kier molecular flexibility index (Phi) is 23.3. The van der Waals surface area contributed by atoms with Crippen LogP contribution in [-0.4, -0.2) is 0 Å². The van der Waals surface area contributed by atoms with Gasteiger partial charge < -0.3 is 0 Å². The van der Waals surface area contributed by atoms with Crippen molar-refractivity contribution in [1.29, 1.82) is 0 Å². The zero-order valence-electron chi connectivity index (χ0n) is 9.70. The van der Waals surface area contributed by atoms with E-state index in [0.29, 0.717) is 0 Å². The van der Waals surface area contributed by atoms with Crippen molar-refractivity contribution in [2.24, 2.45) is 0 Å². The summed E-state index contributed by atoms with van der Waals surface area (Å²) in [5.74, 6) is 5.63. The van der Waals surface area contributed by atoms with Crippen LogP contribution in [-0.2, 0) is 0 Å². The average Bonchev–Trinajstić information content (AvgIpc) is 2.10. The van der Waals surface area contributed by atoms with Crippen molar-refractivity contribution in [3.8, 4) is 11.8 Å². The van der Waals surface area contributed by atoms with Gasteiger partial charge in [0.1, 0.15) is 0 Å². The lowest BCUT2D eigenvalue weighted by molar-refractivity contribution is 1.38. The smallest absolute Gasteiger partial charge is 0.0172 e. The Labute approximate surface area is 84.1 Å². The van der Waals surface area contributed by atoms with Gasteiger partial charge in [-0.3, -0.25) is 0 Å². The highest BCUT2D eigenvalue weighted by atomic mass is 13.8. The minimum Gasteiger partial charge on any atom is -0.106 e. The van der Waals surface area contributed by atoms with Gasteiger partial charge in [0.25, 0.3) is 0 Å². The SMILES string of the molecule is C=C.C=C(C#CC)C=C(C)C.CC. The molecule has 0 radical (unpaired) electrons. The molecule has 0 rings (SSSR count). The minimum absolute atomic E-state index is 0.887. The molecule has 0 aliphatic carbocycles. The monoisotopic (exact) mass is 178 g/mol. The van der Waals surface area contributed by atoms with E-state index in [9.17, 15) is 0 Å². The summed E-state index contributed by atoms with van der Waals surface area (Å²) in [7, 11) is 0. The van der Waals surface area contributed by atoms with E-state index in [0.717, 1.165) is 5.57 Å². The van der Waals surface area contributed by atoms with Crippen LogP contribution in [0.1, 0.15) is 34.6 Å². The van der Waals surface area contributed by atoms with Gasteiger partial charge >= 0.3 is 0 Å². The van der Waals surface area contributed by atoms with E-state index >= 15 is 0 Å². The second-order valence-electron chi connectivity index (χ2n) is 2.12. The fraction of sp³-hybridized carbons (Fsp3) is 0.385. The van der Waals surface area contributed by atoms with Crippen LogP contribution in [0.15, 0.2) is 37.0 Å². The molecule has 0 unspecified atom stereocenters. The van der Waals surface area contributed by atoms with E-state index in [1.54, 1.807) is 0 Å². The number of hydrogen-bond donors (Lipinski definition) is 0. The normalized spacial score (nSPS) is 5.62. The molecule has 0 fully saturated rings. The highest BCUT2D eigenvalue weighted by Crippen LogP contribution is 1.96. The minimum atomic E-state index is 0.887. The Morgan fingerprint density at radius 1 is 1.15 bits per heavy atom. The van der Waals surface area contributed by atoms with E-state index in [-0.39, 0.29) is 0 Å². The summed E-state index contributed by atoms with van der Waals surface area (Å²) in [6.45, 7) is 19.6. The maximum atomic E-state index is 3.73. The van der Waals surface area contributed by atoms with Gasteiger partial charge in [-0.25, -0.2) is 0 Å². The zero-order chi connectivity index (χ0) is 11.3. The van der Waals surface area contributed by atoms with Gasteiger partial charge in [0.15, 0.2) is 0 Å². The molecule has 0 bridgehead atoms. The average molecular weight is 178 g/mol. The maximum absolute atomic E-state index is 3.73. The molecule has 0 aliphatic rings. The molecular formula is C13H22. The Balaban J connectivity index is -0.000000218. The summed E-state index contributed by atoms with van der Waals surface area (Å²) in [5, 5.41) is 0. The Morgan fingerprint density at radius 2 is 1.54 bits per heavy atom. The molecule has 0 aromatic rings. The molecule has 13 heavy (non-hydrogen) atoms. The van der Waals surface area contributed by atoms with Crippen LogP contribution in [0.5, 0.6) is 0 Å². The van der Waals surface area contributed by atoms with Crippen molar-refractivity contribution >= 4 is 0 Å². The van der Waals surface area contributed by atoms with E-state index in [1.807, 2.05) is 40.7 Å². The number of hydrogen-bond acceptors (Lipinski definition) is 0. The fourth-order valence-corrected chi connectivity index (χ4v) is 0.545. The van der Waals surface area contributed by atoms with Crippen LogP contribution in [0.3, 0.4) is 0 Å². The Hall–Kier alpha value is -1.22. The lowest BCUT2D eigenvalue weighted by atomic mass is 10.2. The molecule has 0 heterocycles. The van der Waals surface area contributed by atoms with Crippen molar-refractivity contribution in [2.75, 3.05) is 0 Å². The first-order chi connectivity index (χ1) is 6.16. The van der Waals surface area contributed by atoms with Crippen LogP contribution in [0.2, 0.25) is 0 Å². The van der Waals surface area contributed by atoms with Crippen LogP contribution in [0.4, 0.5) is 0 Å². The number of rotatable bonds is 1. The first-order valence-electron chi connectivity index (χ1n) is 4.43. The van der Waals surface area contributed by atoms with Gasteiger partial charge in [-0.15, -0.1) is 19.1 Å². The molecule has 0 saturated carbocycles. The zero-order valence-corrected chi connectivity index (χ0v) is 9.70. The topological polar surface area (TPSA) is 0 Å². The molecule has 0 aliphatic heterocycles. The summed E-state index contributed by atoms with van der Waals surface area (Å²) in [6, 6.07) is 0. The third kappa shape index (κ3) is 24.9. The summed E-state index contributed by atoms with van der Waals surface area (Å²) in [4.78, 5) is 0. The predicted octanol–water partition coefficient (Wildman–Crippen LogP) is 4.36. The molecule has 0 aromatic heterocycles. The van der Waals surface area contributed by atoms with E-state index in [4.69, 9.17) is 0 Å². The molecular weight excluding hydrogens is 156 g/mol. The van der Waals surface area contributed by atoms with Crippen LogP contribution >= 0.6 is 0 Å². The third-order valence-corrected chi connectivity index (χ3v) is 0.748. The third-order valence-electron chi connectivity index (χ3n) is 0.748. The summed E-state index contributed by atoms with van der Waals surface area (Å²) in [6.07, 6.45) is 1.97. The van der Waals surface area contributed by atoms with Gasteiger partial charge in [0, 0.05) is 5.57 Å². The van der Waals surface area contributed by atoms with Gasteiger partial charge in [0.2, 0.25) is 0 Å². The molecule has 0 nitrogen and oxygen atoms in total. The lowest BCUT2D eigenvalue weighted by Gasteiger charge is -1.86. The molecule has 0 spiro atoms. The van der Waals surface area contributed by atoms with E-state index < -0.39 is 0 Å². The largest absolute Gasteiger partial charge is 0.106 e. The van der Waals surface area contributed by atoms with E-state index in [2.05, 4.69) is 31.6 Å². The first kappa shape index (κ1) is 17.8.